The van der Waals surface area contributed by atoms with Crippen LogP contribution in [-0.2, 0) is 19.1 Å². The lowest BCUT2D eigenvalue weighted by atomic mass is 10.2. The molecule has 2 heterocycles. The molecule has 1 aliphatic rings. The quantitative estimate of drug-likeness (QED) is 0.214. The van der Waals surface area contributed by atoms with Crippen molar-refractivity contribution in [1.29, 1.82) is 0 Å². The number of nitrogens with one attached hydrogen (secondary N) is 1. The van der Waals surface area contributed by atoms with Crippen molar-refractivity contribution in [1.82, 2.24) is 9.88 Å². The largest absolute Gasteiger partial charge is 0.481 e. The highest BCUT2D eigenvalue weighted by Crippen LogP contribution is 2.32. The second-order valence-corrected chi connectivity index (χ2v) is 9.70. The lowest BCUT2D eigenvalue weighted by Crippen LogP contribution is -2.31. The number of rotatable bonds is 8. The number of amides is 2. The molecule has 2 N–H and O–H groups in total. The van der Waals surface area contributed by atoms with Gasteiger partial charge in [-0.1, -0.05) is 60.1 Å². The maximum Gasteiger partial charge on any atom is 0.350 e. The Morgan fingerprint density at radius 3 is 2.56 bits per heavy atom. The number of aromatic nitrogens is 1. The van der Waals surface area contributed by atoms with E-state index < -0.39 is 11.9 Å². The number of benzene rings is 1. The molecule has 1 fully saturated rings. The Morgan fingerprint density at radius 2 is 1.94 bits per heavy atom. The van der Waals surface area contributed by atoms with Crippen LogP contribution in [0.4, 0.5) is 9.52 Å². The average Bonchev–Trinajstić information content (AvgIpc) is 3.30. The fraction of sp³-hybridized carbons (Fsp3) is 0.217. The van der Waals surface area contributed by atoms with Crippen molar-refractivity contribution in [3.8, 4) is 0 Å². The molecule has 1 aromatic carbocycles. The van der Waals surface area contributed by atoms with Gasteiger partial charge in [0.05, 0.1) is 10.6 Å². The van der Waals surface area contributed by atoms with Crippen LogP contribution >= 0.6 is 35.3 Å². The van der Waals surface area contributed by atoms with Crippen molar-refractivity contribution >= 4 is 74.6 Å². The third kappa shape index (κ3) is 8.66. The Hall–Kier alpha value is -3.42. The number of carboxylic acid groups (broad SMARTS) is 1. The first-order valence-corrected chi connectivity index (χ1v) is 12.3. The zero-order valence-corrected chi connectivity index (χ0v) is 21.7. The minimum atomic E-state index is -0.833. The minimum Gasteiger partial charge on any atom is -0.481 e. The molecule has 2 aromatic rings. The predicted octanol–water partition coefficient (Wildman–Crippen LogP) is 4.25. The number of thiazole rings is 1. The molecule has 0 atom stereocenters. The van der Waals surface area contributed by atoms with Crippen LogP contribution in [0.2, 0.25) is 0 Å². The second kappa shape index (κ2) is 13.6. The van der Waals surface area contributed by atoms with Crippen LogP contribution in [0.3, 0.4) is 0 Å². The average molecular weight is 552 g/mol. The van der Waals surface area contributed by atoms with E-state index >= 15 is 0 Å². The number of carboxylic acids is 1. The summed E-state index contributed by atoms with van der Waals surface area (Å²) in [5.41, 5.74) is 1.12. The highest BCUT2D eigenvalue weighted by molar-refractivity contribution is 8.26. The van der Waals surface area contributed by atoms with Crippen molar-refractivity contribution in [2.45, 2.75) is 20.3 Å². The van der Waals surface area contributed by atoms with E-state index in [2.05, 4.69) is 16.9 Å². The SMILES string of the molecule is C=CCOC(=O)c1sc(NC(=O)CCN2C(=O)/C(=C\c3ccc(F)cc3)SC2=S)nc1C.CC(=O)O. The van der Waals surface area contributed by atoms with Crippen LogP contribution in [0.15, 0.2) is 41.8 Å². The second-order valence-electron chi connectivity index (χ2n) is 7.02. The molecule has 0 radical (unpaired) electrons. The van der Waals surface area contributed by atoms with E-state index in [0.717, 1.165) is 30.0 Å². The van der Waals surface area contributed by atoms with Crippen molar-refractivity contribution in [3.05, 3.63) is 63.8 Å². The minimum absolute atomic E-state index is 0.00879. The number of anilines is 1. The lowest BCUT2D eigenvalue weighted by Gasteiger charge is -2.13. The van der Waals surface area contributed by atoms with Crippen LogP contribution in [0.25, 0.3) is 6.08 Å². The van der Waals surface area contributed by atoms with E-state index in [4.69, 9.17) is 26.9 Å². The molecule has 2 amide bonds. The summed E-state index contributed by atoms with van der Waals surface area (Å²) in [5.74, 6) is -2.42. The summed E-state index contributed by atoms with van der Waals surface area (Å²) in [5, 5.41) is 10.3. The summed E-state index contributed by atoms with van der Waals surface area (Å²) in [6.45, 7) is 6.38. The smallest absolute Gasteiger partial charge is 0.350 e. The van der Waals surface area contributed by atoms with Crippen LogP contribution in [0.5, 0.6) is 0 Å². The number of nitrogens with zero attached hydrogens (tertiary/aromatic N) is 2. The van der Waals surface area contributed by atoms with Gasteiger partial charge in [-0.15, -0.1) is 0 Å². The number of hydrogen-bond donors (Lipinski definition) is 2. The number of carbonyl (C=O) groups excluding carboxylic acids is 3. The van der Waals surface area contributed by atoms with Gasteiger partial charge in [0.2, 0.25) is 5.91 Å². The molecule has 0 saturated carbocycles. The molecule has 36 heavy (non-hydrogen) atoms. The van der Waals surface area contributed by atoms with Gasteiger partial charge in [-0.25, -0.2) is 14.2 Å². The molecule has 1 aromatic heterocycles. The monoisotopic (exact) mass is 551 g/mol. The Kier molecular flexibility index (Phi) is 10.9. The maximum absolute atomic E-state index is 13.1. The molecule has 190 valence electrons. The van der Waals surface area contributed by atoms with Gasteiger partial charge in [0.15, 0.2) is 5.13 Å². The highest BCUT2D eigenvalue weighted by Gasteiger charge is 2.32. The first-order chi connectivity index (χ1) is 17.0. The third-order valence-electron chi connectivity index (χ3n) is 4.16. The number of aliphatic carboxylic acids is 1. The van der Waals surface area contributed by atoms with Gasteiger partial charge in [-0.05, 0) is 30.7 Å². The molecular weight excluding hydrogens is 529 g/mol. The Labute approximate surface area is 220 Å². The first-order valence-electron chi connectivity index (χ1n) is 10.3. The van der Waals surface area contributed by atoms with Crippen molar-refractivity contribution in [2.24, 2.45) is 0 Å². The fourth-order valence-corrected chi connectivity index (χ4v) is 4.82. The number of thioether (sulfide) groups is 1. The summed E-state index contributed by atoms with van der Waals surface area (Å²) in [7, 11) is 0. The van der Waals surface area contributed by atoms with Crippen molar-refractivity contribution < 1.29 is 33.4 Å². The Balaban J connectivity index is 0.00000106. The van der Waals surface area contributed by atoms with E-state index in [1.54, 1.807) is 25.1 Å². The van der Waals surface area contributed by atoms with Crippen LogP contribution in [-0.4, -0.2) is 56.2 Å². The van der Waals surface area contributed by atoms with E-state index in [0.29, 0.717) is 25.4 Å². The van der Waals surface area contributed by atoms with Gasteiger partial charge in [0.1, 0.15) is 21.6 Å². The maximum atomic E-state index is 13.1. The highest BCUT2D eigenvalue weighted by atomic mass is 32.2. The van der Waals surface area contributed by atoms with Crippen molar-refractivity contribution in [2.75, 3.05) is 18.5 Å². The predicted molar refractivity (Wildman–Crippen MR) is 140 cm³/mol. The fourth-order valence-electron chi connectivity index (χ4n) is 2.64. The van der Waals surface area contributed by atoms with E-state index in [-0.39, 0.29) is 42.3 Å². The summed E-state index contributed by atoms with van der Waals surface area (Å²) in [4.78, 5) is 52.2. The number of aryl methyl sites for hydroxylation is 1. The van der Waals surface area contributed by atoms with Gasteiger partial charge in [0, 0.05) is 19.9 Å². The van der Waals surface area contributed by atoms with Gasteiger partial charge >= 0.3 is 5.97 Å². The number of hydrogen-bond acceptors (Lipinski definition) is 9. The van der Waals surface area contributed by atoms with Gasteiger partial charge in [0.25, 0.3) is 11.9 Å². The molecule has 1 aliphatic heterocycles. The topological polar surface area (TPSA) is 126 Å². The summed E-state index contributed by atoms with van der Waals surface area (Å²) >= 11 is 7.40. The number of ether oxygens (including phenoxy) is 1. The van der Waals surface area contributed by atoms with E-state index in [9.17, 15) is 18.8 Å². The molecule has 0 spiro atoms. The van der Waals surface area contributed by atoms with Crippen molar-refractivity contribution in [3.63, 3.8) is 0 Å². The normalized spacial score (nSPS) is 13.8. The molecule has 9 nitrogen and oxygen atoms in total. The van der Waals surface area contributed by atoms with Gasteiger partial charge in [-0.3, -0.25) is 19.3 Å². The third-order valence-corrected chi connectivity index (χ3v) is 6.60. The Bertz CT molecular complexity index is 1210. The molecule has 0 bridgehead atoms. The summed E-state index contributed by atoms with van der Waals surface area (Å²) in [6.07, 6.45) is 3.08. The molecule has 3 rings (SSSR count). The molecule has 0 aliphatic carbocycles. The zero-order valence-electron chi connectivity index (χ0n) is 19.3. The number of carbonyl (C=O) groups is 4. The van der Waals surface area contributed by atoms with E-state index in [1.807, 2.05) is 0 Å². The first kappa shape index (κ1) is 28.8. The van der Waals surface area contributed by atoms with Crippen LogP contribution < -0.4 is 5.32 Å². The van der Waals surface area contributed by atoms with Gasteiger partial charge < -0.3 is 15.2 Å². The van der Waals surface area contributed by atoms with Crippen LogP contribution in [0, 0.1) is 12.7 Å². The Morgan fingerprint density at radius 1 is 1.31 bits per heavy atom. The van der Waals surface area contributed by atoms with Gasteiger partial charge in [-0.2, -0.15) is 0 Å². The molecule has 13 heteroatoms. The number of esters is 1. The van der Waals surface area contributed by atoms with E-state index in [1.165, 1.54) is 23.1 Å². The van der Waals surface area contributed by atoms with Crippen LogP contribution in [0.1, 0.15) is 34.3 Å². The standard InChI is InChI=1S/C21H18FN3O4S3.C2H4O2/c1-3-10-29-19(28)17-12(2)23-20(32-17)24-16(26)8-9-25-18(27)15(31-21(25)30)11-13-4-6-14(22)7-5-13;1-2(3)4/h3-7,11H,1,8-10H2,2H3,(H,23,24,26);1H3,(H,3,4)/b15-11+;. The molecular formula is C23H22FN3O6S3. The zero-order chi connectivity index (χ0) is 26.8. The lowest BCUT2D eigenvalue weighted by molar-refractivity contribution is -0.134. The summed E-state index contributed by atoms with van der Waals surface area (Å²) in [6, 6.07) is 5.74. The number of halogens is 1. The summed E-state index contributed by atoms with van der Waals surface area (Å²) < 4.78 is 18.4. The molecule has 0 unspecified atom stereocenters. The number of thiocarbonyl (C=S) groups is 1. The molecule has 1 saturated heterocycles.